The minimum absolute atomic E-state index is 0.772. The Kier molecular flexibility index (Phi) is 5.35. The average molecular weight is 280 g/mol. The van der Waals surface area contributed by atoms with E-state index in [1.165, 1.54) is 4.88 Å². The summed E-state index contributed by atoms with van der Waals surface area (Å²) in [6.07, 6.45) is 6.72. The van der Waals surface area contributed by atoms with Gasteiger partial charge in [-0.2, -0.15) is 0 Å². The summed E-state index contributed by atoms with van der Waals surface area (Å²) in [4.78, 5) is 9.80. The lowest BCUT2D eigenvalue weighted by atomic mass is 10.4. The maximum atomic E-state index is 5.34. The van der Waals surface area contributed by atoms with E-state index in [1.54, 1.807) is 11.3 Å². The van der Waals surface area contributed by atoms with Gasteiger partial charge in [-0.3, -0.25) is 0 Å². The van der Waals surface area contributed by atoms with Crippen molar-refractivity contribution in [2.45, 2.75) is 33.4 Å². The van der Waals surface area contributed by atoms with E-state index in [4.69, 9.17) is 4.74 Å². The van der Waals surface area contributed by atoms with Crippen LogP contribution in [0.4, 0.5) is 5.95 Å². The van der Waals surface area contributed by atoms with Gasteiger partial charge in [-0.1, -0.05) is 0 Å². The third-order valence-electron chi connectivity index (χ3n) is 2.70. The Labute approximate surface area is 117 Å². The highest BCUT2D eigenvalue weighted by atomic mass is 32.1. The van der Waals surface area contributed by atoms with Crippen molar-refractivity contribution in [2.75, 3.05) is 18.5 Å². The van der Waals surface area contributed by atoms with Crippen molar-refractivity contribution in [1.82, 2.24) is 14.5 Å². The molecule has 0 aliphatic heterocycles. The van der Waals surface area contributed by atoms with E-state index in [9.17, 15) is 0 Å². The molecule has 0 spiro atoms. The topological polar surface area (TPSA) is 52.0 Å². The maximum absolute atomic E-state index is 5.34. The van der Waals surface area contributed by atoms with Gasteiger partial charge < -0.3 is 14.6 Å². The number of anilines is 1. The molecule has 6 heteroatoms. The molecule has 2 aromatic rings. The Bertz CT molecular complexity index is 494. The summed E-state index contributed by atoms with van der Waals surface area (Å²) >= 11 is 1.71. The lowest BCUT2D eigenvalue weighted by molar-refractivity contribution is 0.142. The predicted octanol–water partition coefficient (Wildman–Crippen LogP) is 2.69. The molecule has 0 saturated carbocycles. The second-order valence-corrected chi connectivity index (χ2v) is 5.51. The van der Waals surface area contributed by atoms with Gasteiger partial charge in [0.1, 0.15) is 0 Å². The van der Waals surface area contributed by atoms with Gasteiger partial charge in [0.05, 0.1) is 11.6 Å². The summed E-state index contributed by atoms with van der Waals surface area (Å²) in [6.45, 7) is 7.30. The van der Waals surface area contributed by atoms with Crippen LogP contribution in [0, 0.1) is 6.92 Å². The predicted molar refractivity (Wildman–Crippen MR) is 77.5 cm³/mol. The van der Waals surface area contributed by atoms with Crippen LogP contribution in [0.25, 0.3) is 0 Å². The molecule has 1 N–H and O–H groups in total. The molecular formula is C13H20N4OS. The SMILES string of the molecule is CCOCCCn1ccnc1NCc1cnc(C)s1. The van der Waals surface area contributed by atoms with Crippen molar-refractivity contribution < 1.29 is 4.74 Å². The zero-order chi connectivity index (χ0) is 13.5. The Hall–Kier alpha value is -1.40. The highest BCUT2D eigenvalue weighted by Gasteiger charge is 2.03. The molecule has 2 rings (SSSR count). The van der Waals surface area contributed by atoms with E-state index in [0.29, 0.717) is 0 Å². The Morgan fingerprint density at radius 1 is 1.42 bits per heavy atom. The molecule has 0 saturated heterocycles. The quantitative estimate of drug-likeness (QED) is 0.755. The molecule has 0 atom stereocenters. The zero-order valence-corrected chi connectivity index (χ0v) is 12.2. The summed E-state index contributed by atoms with van der Waals surface area (Å²) in [6, 6.07) is 0. The fourth-order valence-electron chi connectivity index (χ4n) is 1.79. The van der Waals surface area contributed by atoms with Crippen LogP contribution in [0.15, 0.2) is 18.6 Å². The molecule has 19 heavy (non-hydrogen) atoms. The lowest BCUT2D eigenvalue weighted by Crippen LogP contribution is -2.08. The van der Waals surface area contributed by atoms with Crippen LogP contribution in [0.5, 0.6) is 0 Å². The highest BCUT2D eigenvalue weighted by Crippen LogP contribution is 2.14. The molecule has 2 aromatic heterocycles. The van der Waals surface area contributed by atoms with Gasteiger partial charge in [-0.05, 0) is 20.3 Å². The Morgan fingerprint density at radius 3 is 3.05 bits per heavy atom. The average Bonchev–Trinajstić information content (AvgIpc) is 3.01. The third-order valence-corrected chi connectivity index (χ3v) is 3.61. The number of nitrogens with zero attached hydrogens (tertiary/aromatic N) is 3. The van der Waals surface area contributed by atoms with Crippen LogP contribution in [0.1, 0.15) is 23.2 Å². The fourth-order valence-corrected chi connectivity index (χ4v) is 2.53. The number of aryl methyl sites for hydroxylation is 2. The molecule has 0 unspecified atom stereocenters. The summed E-state index contributed by atoms with van der Waals surface area (Å²) in [5.41, 5.74) is 0. The largest absolute Gasteiger partial charge is 0.382 e. The minimum Gasteiger partial charge on any atom is -0.382 e. The van der Waals surface area contributed by atoms with E-state index in [-0.39, 0.29) is 0 Å². The first-order valence-corrected chi connectivity index (χ1v) is 7.35. The number of nitrogens with one attached hydrogen (secondary N) is 1. The van der Waals surface area contributed by atoms with Gasteiger partial charge in [0.15, 0.2) is 0 Å². The monoisotopic (exact) mass is 280 g/mol. The molecule has 0 aliphatic carbocycles. The van der Waals surface area contributed by atoms with Crippen LogP contribution in [-0.2, 0) is 17.8 Å². The standard InChI is InChI=1S/C13H20N4OS/c1-3-18-8-4-6-17-7-5-14-13(17)16-10-12-9-15-11(2)19-12/h5,7,9H,3-4,6,8,10H2,1-2H3,(H,14,16). The van der Waals surface area contributed by atoms with E-state index >= 15 is 0 Å². The summed E-state index contributed by atoms with van der Waals surface area (Å²) < 4.78 is 7.46. The van der Waals surface area contributed by atoms with Crippen LogP contribution >= 0.6 is 11.3 Å². The van der Waals surface area contributed by atoms with Gasteiger partial charge in [0.25, 0.3) is 0 Å². The van der Waals surface area contributed by atoms with Crippen molar-refractivity contribution >= 4 is 17.3 Å². The number of thiazole rings is 1. The van der Waals surface area contributed by atoms with E-state index in [2.05, 4.69) is 19.9 Å². The van der Waals surface area contributed by atoms with Crippen LogP contribution in [0.3, 0.4) is 0 Å². The number of hydrogen-bond acceptors (Lipinski definition) is 5. The van der Waals surface area contributed by atoms with Gasteiger partial charge in [0.2, 0.25) is 5.95 Å². The van der Waals surface area contributed by atoms with E-state index < -0.39 is 0 Å². The summed E-state index contributed by atoms with van der Waals surface area (Å²) in [5, 5.41) is 4.44. The molecular weight excluding hydrogens is 260 g/mol. The van der Waals surface area contributed by atoms with Gasteiger partial charge >= 0.3 is 0 Å². The molecule has 5 nitrogen and oxygen atoms in total. The van der Waals surface area contributed by atoms with Gasteiger partial charge in [-0.25, -0.2) is 9.97 Å². The van der Waals surface area contributed by atoms with Gasteiger partial charge in [-0.15, -0.1) is 11.3 Å². The molecule has 2 heterocycles. The first-order valence-electron chi connectivity index (χ1n) is 6.53. The third kappa shape index (κ3) is 4.33. The number of imidazole rings is 1. The van der Waals surface area contributed by atoms with E-state index in [0.717, 1.165) is 43.7 Å². The van der Waals surface area contributed by atoms with Crippen molar-refractivity contribution in [2.24, 2.45) is 0 Å². The van der Waals surface area contributed by atoms with Crippen LogP contribution < -0.4 is 5.32 Å². The Morgan fingerprint density at radius 2 is 2.32 bits per heavy atom. The number of rotatable bonds is 8. The Balaban J connectivity index is 1.81. The smallest absolute Gasteiger partial charge is 0.203 e. The minimum atomic E-state index is 0.772. The van der Waals surface area contributed by atoms with E-state index in [1.807, 2.05) is 32.4 Å². The lowest BCUT2D eigenvalue weighted by Gasteiger charge is -2.09. The van der Waals surface area contributed by atoms with Crippen molar-refractivity contribution in [3.05, 3.63) is 28.5 Å². The normalized spacial score (nSPS) is 10.8. The second kappa shape index (κ2) is 7.25. The number of ether oxygens (including phenoxy) is 1. The first kappa shape index (κ1) is 14.0. The summed E-state index contributed by atoms with van der Waals surface area (Å²) in [7, 11) is 0. The molecule has 0 amide bonds. The molecule has 0 radical (unpaired) electrons. The molecule has 0 bridgehead atoms. The van der Waals surface area contributed by atoms with Crippen molar-refractivity contribution in [3.8, 4) is 0 Å². The zero-order valence-electron chi connectivity index (χ0n) is 11.4. The van der Waals surface area contributed by atoms with Gasteiger partial charge in [0, 0.05) is 43.2 Å². The maximum Gasteiger partial charge on any atom is 0.203 e. The molecule has 0 aliphatic rings. The second-order valence-electron chi connectivity index (χ2n) is 4.19. The number of aromatic nitrogens is 3. The van der Waals surface area contributed by atoms with Crippen molar-refractivity contribution in [3.63, 3.8) is 0 Å². The van der Waals surface area contributed by atoms with Crippen molar-refractivity contribution in [1.29, 1.82) is 0 Å². The highest BCUT2D eigenvalue weighted by molar-refractivity contribution is 7.11. The number of hydrogen-bond donors (Lipinski definition) is 1. The van der Waals surface area contributed by atoms with Crippen LogP contribution in [0.2, 0.25) is 0 Å². The molecule has 0 aromatic carbocycles. The van der Waals surface area contributed by atoms with Crippen LogP contribution in [-0.4, -0.2) is 27.7 Å². The first-order chi connectivity index (χ1) is 9.29. The summed E-state index contributed by atoms with van der Waals surface area (Å²) in [5.74, 6) is 0.905. The fraction of sp³-hybridized carbons (Fsp3) is 0.538. The molecule has 104 valence electrons. The molecule has 0 fully saturated rings.